The summed E-state index contributed by atoms with van der Waals surface area (Å²) in [7, 11) is 0. The van der Waals surface area contributed by atoms with Crippen molar-refractivity contribution in [3.63, 3.8) is 0 Å². The molecular formula is C27H45F3O2. The summed E-state index contributed by atoms with van der Waals surface area (Å²) in [5, 5.41) is 20.4. The Balaban J connectivity index is 1.45. The molecule has 4 fully saturated rings. The Morgan fingerprint density at radius 2 is 1.59 bits per heavy atom. The Morgan fingerprint density at radius 1 is 0.906 bits per heavy atom. The smallest absolute Gasteiger partial charge is 0.390 e. The molecule has 2 nitrogen and oxygen atoms in total. The number of hydrogen-bond acceptors (Lipinski definition) is 2. The predicted octanol–water partition coefficient (Wildman–Crippen LogP) is 7.13. The molecule has 4 aliphatic rings. The number of aliphatic hydroxyl groups is 2. The summed E-state index contributed by atoms with van der Waals surface area (Å²) in [5.74, 6) is 3.48. The Hall–Kier alpha value is -0.290. The van der Waals surface area contributed by atoms with Gasteiger partial charge in [-0.05, 0) is 123 Å². The Labute approximate surface area is 192 Å². The molecule has 0 bridgehead atoms. The van der Waals surface area contributed by atoms with Gasteiger partial charge in [0, 0.05) is 0 Å². The highest BCUT2D eigenvalue weighted by molar-refractivity contribution is 5.10. The minimum Gasteiger partial charge on any atom is -0.390 e. The summed E-state index contributed by atoms with van der Waals surface area (Å²) in [6.07, 6.45) is 4.76. The summed E-state index contributed by atoms with van der Waals surface area (Å²) in [4.78, 5) is 0. The average molecular weight is 459 g/mol. The van der Waals surface area contributed by atoms with E-state index in [-0.39, 0.29) is 17.8 Å². The van der Waals surface area contributed by atoms with Crippen LogP contribution in [0.3, 0.4) is 0 Å². The summed E-state index contributed by atoms with van der Waals surface area (Å²) >= 11 is 0. The van der Waals surface area contributed by atoms with Gasteiger partial charge in [-0.2, -0.15) is 13.2 Å². The first-order valence-electron chi connectivity index (χ1n) is 13.3. The molecule has 4 saturated carbocycles. The number of hydrogen-bond donors (Lipinski definition) is 2. The third-order valence-electron chi connectivity index (χ3n) is 11.5. The van der Waals surface area contributed by atoms with E-state index < -0.39 is 17.9 Å². The highest BCUT2D eigenvalue weighted by Crippen LogP contribution is 2.69. The molecule has 2 N–H and O–H groups in total. The number of fused-ring (bicyclic) bond motifs is 5. The lowest BCUT2D eigenvalue weighted by Gasteiger charge is -2.62. The number of alkyl halides is 3. The molecule has 1 unspecified atom stereocenters. The quantitative estimate of drug-likeness (QED) is 0.460. The van der Waals surface area contributed by atoms with E-state index in [2.05, 4.69) is 27.7 Å². The monoisotopic (exact) mass is 458 g/mol. The van der Waals surface area contributed by atoms with E-state index in [1.165, 1.54) is 32.1 Å². The van der Waals surface area contributed by atoms with E-state index in [9.17, 15) is 23.4 Å². The van der Waals surface area contributed by atoms with Crippen LogP contribution in [0, 0.1) is 46.3 Å². The van der Waals surface area contributed by atoms with Gasteiger partial charge in [-0.25, -0.2) is 0 Å². The van der Waals surface area contributed by atoms with Gasteiger partial charge in [0.05, 0.1) is 5.60 Å². The zero-order valence-corrected chi connectivity index (χ0v) is 20.6. The van der Waals surface area contributed by atoms with Gasteiger partial charge >= 0.3 is 6.18 Å². The van der Waals surface area contributed by atoms with Crippen LogP contribution in [0.4, 0.5) is 13.2 Å². The maximum Gasteiger partial charge on any atom is 0.414 e. The lowest BCUT2D eigenvalue weighted by atomic mass is 9.43. The lowest BCUT2D eigenvalue weighted by molar-refractivity contribution is -0.206. The standard InChI is InChI=1S/C27H45F3O2/c1-5-26(32)15-14-24(3)18(16-26)7-8-19-21-10-9-20(25(21,4)13-12-22(19)24)17(2)6-11-23(31)27(28,29)30/h17-23,31-32H,5-16H2,1-4H3/t17-,18-,19+,20-,21+,22+,23?,24+,25-,26+/m1/s1. The van der Waals surface area contributed by atoms with E-state index in [0.29, 0.717) is 29.6 Å². The third kappa shape index (κ3) is 4.06. The van der Waals surface area contributed by atoms with Gasteiger partial charge in [0.1, 0.15) is 6.10 Å². The molecule has 0 spiro atoms. The molecule has 0 radical (unpaired) electrons. The minimum atomic E-state index is -4.50. The molecule has 0 saturated heterocycles. The SMILES string of the molecule is CC[C@]1(O)CC[C@@]2(C)[C@H](CC[C@@H]3[C@@H]2CC[C@]2(C)[C@@H]([C@H](C)CCC(O)C(F)(F)F)CC[C@@H]32)C1. The summed E-state index contributed by atoms with van der Waals surface area (Å²) < 4.78 is 38.3. The molecule has 4 rings (SSSR count). The third-order valence-corrected chi connectivity index (χ3v) is 11.5. The first kappa shape index (κ1) is 24.8. The van der Waals surface area contributed by atoms with Crippen LogP contribution in [0.2, 0.25) is 0 Å². The number of halogens is 3. The first-order chi connectivity index (χ1) is 14.8. The molecule has 5 heteroatoms. The molecule has 186 valence electrons. The van der Waals surface area contributed by atoms with Crippen molar-refractivity contribution in [1.82, 2.24) is 0 Å². The van der Waals surface area contributed by atoms with Crippen molar-refractivity contribution in [2.24, 2.45) is 46.3 Å². The molecule has 0 heterocycles. The molecule has 4 aliphatic carbocycles. The average Bonchev–Trinajstić information content (AvgIpc) is 3.09. The zero-order valence-electron chi connectivity index (χ0n) is 20.6. The maximum absolute atomic E-state index is 12.8. The van der Waals surface area contributed by atoms with Crippen molar-refractivity contribution < 1.29 is 23.4 Å². The van der Waals surface area contributed by atoms with E-state index in [4.69, 9.17) is 0 Å². The van der Waals surface area contributed by atoms with Crippen LogP contribution in [-0.2, 0) is 0 Å². The molecule has 0 aromatic heterocycles. The summed E-state index contributed by atoms with van der Waals surface area (Å²) in [6, 6.07) is 0. The molecule has 0 amide bonds. The van der Waals surface area contributed by atoms with Crippen molar-refractivity contribution >= 4 is 0 Å². The Kier molecular flexibility index (Phi) is 6.54. The van der Waals surface area contributed by atoms with Crippen molar-refractivity contribution in [3.8, 4) is 0 Å². The summed E-state index contributed by atoms with van der Waals surface area (Å²) in [5.41, 5.74) is 0.104. The van der Waals surface area contributed by atoms with Crippen LogP contribution < -0.4 is 0 Å². The van der Waals surface area contributed by atoms with Gasteiger partial charge in [0.25, 0.3) is 0 Å². The van der Waals surface area contributed by atoms with E-state index in [0.717, 1.165) is 43.9 Å². The van der Waals surface area contributed by atoms with Crippen molar-refractivity contribution in [1.29, 1.82) is 0 Å². The van der Waals surface area contributed by atoms with Crippen molar-refractivity contribution in [3.05, 3.63) is 0 Å². The molecule has 0 aliphatic heterocycles. The second kappa shape index (κ2) is 8.43. The number of aliphatic hydroxyl groups excluding tert-OH is 1. The highest BCUT2D eigenvalue weighted by atomic mass is 19.4. The second-order valence-corrected chi connectivity index (χ2v) is 12.8. The van der Waals surface area contributed by atoms with Crippen LogP contribution in [0.5, 0.6) is 0 Å². The van der Waals surface area contributed by atoms with Crippen LogP contribution in [0.15, 0.2) is 0 Å². The Morgan fingerprint density at radius 3 is 2.25 bits per heavy atom. The van der Waals surface area contributed by atoms with Gasteiger partial charge in [0.2, 0.25) is 0 Å². The molecular weight excluding hydrogens is 413 g/mol. The zero-order chi connectivity index (χ0) is 23.5. The van der Waals surface area contributed by atoms with E-state index in [1.54, 1.807) is 0 Å². The van der Waals surface area contributed by atoms with Crippen molar-refractivity contribution in [2.45, 2.75) is 123 Å². The van der Waals surface area contributed by atoms with Crippen LogP contribution in [0.25, 0.3) is 0 Å². The van der Waals surface area contributed by atoms with Crippen LogP contribution in [-0.4, -0.2) is 28.1 Å². The van der Waals surface area contributed by atoms with Gasteiger partial charge in [-0.3, -0.25) is 0 Å². The molecule has 0 aromatic carbocycles. The fourth-order valence-corrected chi connectivity index (χ4v) is 9.40. The second-order valence-electron chi connectivity index (χ2n) is 12.8. The Bertz CT molecular complexity index is 680. The molecule has 0 aromatic rings. The first-order valence-corrected chi connectivity index (χ1v) is 13.3. The van der Waals surface area contributed by atoms with Gasteiger partial charge in [-0.15, -0.1) is 0 Å². The largest absolute Gasteiger partial charge is 0.414 e. The normalized spacial score (nSPS) is 48.5. The number of rotatable bonds is 5. The van der Waals surface area contributed by atoms with Gasteiger partial charge in [0.15, 0.2) is 0 Å². The molecule has 32 heavy (non-hydrogen) atoms. The van der Waals surface area contributed by atoms with Gasteiger partial charge in [-0.1, -0.05) is 27.7 Å². The van der Waals surface area contributed by atoms with E-state index >= 15 is 0 Å². The summed E-state index contributed by atoms with van der Waals surface area (Å²) in [6.45, 7) is 9.19. The highest BCUT2D eigenvalue weighted by Gasteiger charge is 2.61. The van der Waals surface area contributed by atoms with Crippen molar-refractivity contribution in [2.75, 3.05) is 0 Å². The van der Waals surface area contributed by atoms with Gasteiger partial charge < -0.3 is 10.2 Å². The fourth-order valence-electron chi connectivity index (χ4n) is 9.40. The van der Waals surface area contributed by atoms with Crippen LogP contribution in [0.1, 0.15) is 105 Å². The maximum atomic E-state index is 12.8. The van der Waals surface area contributed by atoms with Crippen LogP contribution >= 0.6 is 0 Å². The predicted molar refractivity (Wildman–Crippen MR) is 121 cm³/mol. The minimum absolute atomic E-state index is 0.173. The lowest BCUT2D eigenvalue weighted by Crippen LogP contribution is -2.56. The topological polar surface area (TPSA) is 40.5 Å². The van der Waals surface area contributed by atoms with E-state index in [1.807, 2.05) is 0 Å². The fraction of sp³-hybridized carbons (Fsp3) is 1.00. The molecule has 10 atom stereocenters.